The third kappa shape index (κ3) is 2.62. The van der Waals surface area contributed by atoms with Gasteiger partial charge in [-0.15, -0.1) is 0 Å². The van der Waals surface area contributed by atoms with E-state index in [1.54, 1.807) is 0 Å². The van der Waals surface area contributed by atoms with Crippen LogP contribution < -0.4 is 5.73 Å². The van der Waals surface area contributed by atoms with E-state index in [2.05, 4.69) is 40.2 Å². The maximum atomic E-state index is 5.55. The maximum absolute atomic E-state index is 5.55. The van der Waals surface area contributed by atoms with E-state index < -0.39 is 0 Å². The lowest BCUT2D eigenvalue weighted by atomic mass is 10.1. The Morgan fingerprint density at radius 2 is 1.94 bits per heavy atom. The molecule has 0 unspecified atom stereocenters. The van der Waals surface area contributed by atoms with Crippen LogP contribution in [0.15, 0.2) is 36.7 Å². The second kappa shape index (κ2) is 4.94. The van der Waals surface area contributed by atoms with Crippen molar-refractivity contribution in [2.24, 2.45) is 11.7 Å². The molecule has 3 heteroatoms. The predicted octanol–water partition coefficient (Wildman–Crippen LogP) is 2.46. The Labute approximate surface area is 108 Å². The van der Waals surface area contributed by atoms with Crippen molar-refractivity contribution >= 4 is 0 Å². The molecular weight excluding hydrogens is 222 g/mol. The molecule has 1 fully saturated rings. The van der Waals surface area contributed by atoms with E-state index in [1.165, 1.54) is 29.5 Å². The fraction of sp³-hybridized carbons (Fsp3) is 0.400. The van der Waals surface area contributed by atoms with Crippen LogP contribution >= 0.6 is 0 Å². The van der Waals surface area contributed by atoms with Gasteiger partial charge in [0.25, 0.3) is 0 Å². The second-order valence-corrected chi connectivity index (χ2v) is 5.13. The summed E-state index contributed by atoms with van der Waals surface area (Å²) in [5.41, 5.74) is 9.29. The van der Waals surface area contributed by atoms with E-state index in [1.807, 2.05) is 6.20 Å². The van der Waals surface area contributed by atoms with Crippen molar-refractivity contribution in [2.75, 3.05) is 6.54 Å². The van der Waals surface area contributed by atoms with Crippen molar-refractivity contribution in [1.82, 2.24) is 9.78 Å². The maximum Gasteiger partial charge on any atom is 0.0568 e. The summed E-state index contributed by atoms with van der Waals surface area (Å²) < 4.78 is 2.07. The molecule has 0 radical (unpaired) electrons. The molecule has 1 heterocycles. The summed E-state index contributed by atoms with van der Waals surface area (Å²) in [5.74, 6) is 0.865. The van der Waals surface area contributed by atoms with Gasteiger partial charge in [-0.2, -0.15) is 5.10 Å². The van der Waals surface area contributed by atoms with Crippen molar-refractivity contribution < 1.29 is 0 Å². The van der Waals surface area contributed by atoms with Crippen LogP contribution in [0.2, 0.25) is 0 Å². The minimum atomic E-state index is 0.707. The summed E-state index contributed by atoms with van der Waals surface area (Å²) in [6.07, 6.45) is 7.78. The molecule has 3 nitrogen and oxygen atoms in total. The van der Waals surface area contributed by atoms with Crippen LogP contribution in [0.5, 0.6) is 0 Å². The molecule has 0 atom stereocenters. The van der Waals surface area contributed by atoms with Crippen LogP contribution in [-0.2, 0) is 13.0 Å². The van der Waals surface area contributed by atoms with Gasteiger partial charge >= 0.3 is 0 Å². The normalized spacial score (nSPS) is 14.9. The zero-order valence-electron chi connectivity index (χ0n) is 10.5. The Balaban J connectivity index is 1.74. The van der Waals surface area contributed by atoms with E-state index in [9.17, 15) is 0 Å². The number of rotatable bonds is 5. The molecule has 0 amide bonds. The summed E-state index contributed by atoms with van der Waals surface area (Å²) in [6, 6.07) is 8.62. The molecule has 0 aliphatic heterocycles. The molecule has 0 bridgehead atoms. The Bertz CT molecular complexity index is 509. The van der Waals surface area contributed by atoms with Gasteiger partial charge in [-0.25, -0.2) is 0 Å². The average molecular weight is 241 g/mol. The molecule has 0 spiro atoms. The first-order valence-electron chi connectivity index (χ1n) is 6.67. The predicted molar refractivity (Wildman–Crippen MR) is 73.1 cm³/mol. The lowest BCUT2D eigenvalue weighted by molar-refractivity contribution is 0.563. The quantitative estimate of drug-likeness (QED) is 0.874. The van der Waals surface area contributed by atoms with Gasteiger partial charge in [0, 0.05) is 18.3 Å². The molecular formula is C15H19N3. The Kier molecular flexibility index (Phi) is 3.15. The molecule has 0 saturated heterocycles. The summed E-state index contributed by atoms with van der Waals surface area (Å²) in [4.78, 5) is 0. The molecule has 3 rings (SSSR count). The molecule has 94 valence electrons. The number of hydrogen-bond donors (Lipinski definition) is 1. The zero-order valence-corrected chi connectivity index (χ0v) is 10.5. The highest BCUT2D eigenvalue weighted by atomic mass is 15.3. The van der Waals surface area contributed by atoms with Gasteiger partial charge in [-0.05, 0) is 42.9 Å². The van der Waals surface area contributed by atoms with Crippen LogP contribution in [0.3, 0.4) is 0 Å². The van der Waals surface area contributed by atoms with Crippen molar-refractivity contribution in [3.8, 4) is 11.1 Å². The fourth-order valence-electron chi connectivity index (χ4n) is 2.21. The van der Waals surface area contributed by atoms with E-state index in [0.717, 1.165) is 18.9 Å². The lowest BCUT2D eigenvalue weighted by Crippen LogP contribution is -2.02. The standard InChI is InChI=1S/C15H19N3/c16-8-7-12-3-5-14(6-4-12)15-9-17-18(11-15)10-13-1-2-13/h3-6,9,11,13H,1-2,7-8,10,16H2. The van der Waals surface area contributed by atoms with E-state index in [0.29, 0.717) is 6.54 Å². The van der Waals surface area contributed by atoms with Crippen LogP contribution in [0.4, 0.5) is 0 Å². The number of hydrogen-bond acceptors (Lipinski definition) is 2. The number of nitrogens with two attached hydrogens (primary N) is 1. The molecule has 1 aliphatic rings. The Hall–Kier alpha value is -1.61. The third-order valence-electron chi connectivity index (χ3n) is 3.50. The molecule has 2 N–H and O–H groups in total. The van der Waals surface area contributed by atoms with Gasteiger partial charge in [0.1, 0.15) is 0 Å². The van der Waals surface area contributed by atoms with Gasteiger partial charge in [0.2, 0.25) is 0 Å². The van der Waals surface area contributed by atoms with Gasteiger partial charge in [0.05, 0.1) is 6.20 Å². The highest BCUT2D eigenvalue weighted by molar-refractivity contribution is 5.61. The largest absolute Gasteiger partial charge is 0.330 e. The molecule has 1 aromatic carbocycles. The third-order valence-corrected chi connectivity index (χ3v) is 3.50. The molecule has 2 aromatic rings. The SMILES string of the molecule is NCCc1ccc(-c2cnn(CC3CC3)c2)cc1. The second-order valence-electron chi connectivity index (χ2n) is 5.13. The zero-order chi connectivity index (χ0) is 12.4. The van der Waals surface area contributed by atoms with Crippen LogP contribution in [0, 0.1) is 5.92 Å². The van der Waals surface area contributed by atoms with Gasteiger partial charge in [-0.3, -0.25) is 4.68 Å². The summed E-state index contributed by atoms with van der Waals surface area (Å²) >= 11 is 0. The van der Waals surface area contributed by atoms with Crippen molar-refractivity contribution in [3.63, 3.8) is 0 Å². The molecule has 1 saturated carbocycles. The van der Waals surface area contributed by atoms with E-state index in [4.69, 9.17) is 5.73 Å². The molecule has 18 heavy (non-hydrogen) atoms. The average Bonchev–Trinajstić information content (AvgIpc) is 3.07. The van der Waals surface area contributed by atoms with Crippen molar-refractivity contribution in [3.05, 3.63) is 42.2 Å². The van der Waals surface area contributed by atoms with Crippen molar-refractivity contribution in [1.29, 1.82) is 0 Å². The number of nitrogens with zero attached hydrogens (tertiary/aromatic N) is 2. The van der Waals surface area contributed by atoms with Gasteiger partial charge < -0.3 is 5.73 Å². The monoisotopic (exact) mass is 241 g/mol. The van der Waals surface area contributed by atoms with Gasteiger partial charge in [0.15, 0.2) is 0 Å². The summed E-state index contributed by atoms with van der Waals surface area (Å²) in [6.45, 7) is 1.78. The first kappa shape index (κ1) is 11.5. The molecule has 1 aromatic heterocycles. The number of aromatic nitrogens is 2. The Morgan fingerprint density at radius 1 is 1.17 bits per heavy atom. The first-order chi connectivity index (χ1) is 8.85. The van der Waals surface area contributed by atoms with Crippen LogP contribution in [0.1, 0.15) is 18.4 Å². The smallest absolute Gasteiger partial charge is 0.0568 e. The van der Waals surface area contributed by atoms with Crippen LogP contribution in [-0.4, -0.2) is 16.3 Å². The minimum absolute atomic E-state index is 0.707. The van der Waals surface area contributed by atoms with Crippen LogP contribution in [0.25, 0.3) is 11.1 Å². The van der Waals surface area contributed by atoms with E-state index >= 15 is 0 Å². The Morgan fingerprint density at radius 3 is 2.61 bits per heavy atom. The fourth-order valence-corrected chi connectivity index (χ4v) is 2.21. The molecule has 1 aliphatic carbocycles. The topological polar surface area (TPSA) is 43.8 Å². The number of benzene rings is 1. The summed E-state index contributed by atoms with van der Waals surface area (Å²) in [5, 5.41) is 4.43. The first-order valence-corrected chi connectivity index (χ1v) is 6.67. The highest BCUT2D eigenvalue weighted by Gasteiger charge is 2.21. The minimum Gasteiger partial charge on any atom is -0.330 e. The highest BCUT2D eigenvalue weighted by Crippen LogP contribution is 2.30. The van der Waals surface area contributed by atoms with Gasteiger partial charge in [-0.1, -0.05) is 24.3 Å². The van der Waals surface area contributed by atoms with Crippen molar-refractivity contribution in [2.45, 2.75) is 25.8 Å². The summed E-state index contributed by atoms with van der Waals surface area (Å²) in [7, 11) is 0. The lowest BCUT2D eigenvalue weighted by Gasteiger charge is -2.01. The van der Waals surface area contributed by atoms with E-state index in [-0.39, 0.29) is 0 Å².